The summed E-state index contributed by atoms with van der Waals surface area (Å²) < 4.78 is 4.74. The molecular formula is C10H19ClN2O3. The second-order valence-electron chi connectivity index (χ2n) is 3.86. The highest BCUT2D eigenvalue weighted by molar-refractivity contribution is 5.89. The third kappa shape index (κ3) is 3.35. The molecule has 0 aliphatic heterocycles. The number of likely N-dealkylation sites (N-methyl/N-ethyl adjacent to an activating group) is 1. The summed E-state index contributed by atoms with van der Waals surface area (Å²) in [5, 5.41) is 5.52. The molecule has 1 aliphatic rings. The monoisotopic (exact) mass is 250 g/mol. The molecule has 5 nitrogen and oxygen atoms in total. The van der Waals surface area contributed by atoms with Crippen molar-refractivity contribution in [2.24, 2.45) is 0 Å². The Bertz CT molecular complexity index is 252. The van der Waals surface area contributed by atoms with Crippen LogP contribution < -0.4 is 10.6 Å². The first-order valence-electron chi connectivity index (χ1n) is 5.18. The SMILES string of the molecule is CNCC(=O)NC1(C(=O)OC)CCCC1.Cl. The third-order valence-electron chi connectivity index (χ3n) is 2.75. The Morgan fingerprint density at radius 2 is 1.88 bits per heavy atom. The van der Waals surface area contributed by atoms with Gasteiger partial charge in [-0.1, -0.05) is 12.8 Å². The third-order valence-corrected chi connectivity index (χ3v) is 2.75. The van der Waals surface area contributed by atoms with Gasteiger partial charge in [-0.2, -0.15) is 0 Å². The number of hydrogen-bond acceptors (Lipinski definition) is 4. The summed E-state index contributed by atoms with van der Waals surface area (Å²) in [6.07, 6.45) is 3.26. The predicted octanol–water partition coefficient (Wildman–Crippen LogP) is 0.230. The highest BCUT2D eigenvalue weighted by atomic mass is 35.5. The maximum atomic E-state index is 11.6. The molecule has 1 amide bonds. The lowest BCUT2D eigenvalue weighted by atomic mass is 9.98. The molecule has 2 N–H and O–H groups in total. The summed E-state index contributed by atoms with van der Waals surface area (Å²) in [5.74, 6) is -0.491. The Balaban J connectivity index is 0.00000225. The largest absolute Gasteiger partial charge is 0.467 e. The summed E-state index contributed by atoms with van der Waals surface area (Å²) >= 11 is 0. The van der Waals surface area contributed by atoms with Gasteiger partial charge in [-0.15, -0.1) is 12.4 Å². The van der Waals surface area contributed by atoms with E-state index in [-0.39, 0.29) is 30.8 Å². The number of methoxy groups -OCH3 is 1. The van der Waals surface area contributed by atoms with Crippen molar-refractivity contribution in [2.45, 2.75) is 31.2 Å². The Morgan fingerprint density at radius 3 is 2.31 bits per heavy atom. The quantitative estimate of drug-likeness (QED) is 0.701. The number of amides is 1. The van der Waals surface area contributed by atoms with Crippen LogP contribution in [0.4, 0.5) is 0 Å². The standard InChI is InChI=1S/C10H18N2O3.ClH/c1-11-7-8(13)12-10(9(14)15-2)5-3-4-6-10;/h11H,3-7H2,1-2H3,(H,12,13);1H. The summed E-state index contributed by atoms with van der Waals surface area (Å²) in [5.41, 5.74) is -0.775. The number of nitrogens with one attached hydrogen (secondary N) is 2. The van der Waals surface area contributed by atoms with Crippen molar-refractivity contribution in [3.8, 4) is 0 Å². The minimum Gasteiger partial charge on any atom is -0.467 e. The molecule has 94 valence electrons. The van der Waals surface area contributed by atoms with Crippen molar-refractivity contribution in [3.63, 3.8) is 0 Å². The number of carbonyl (C=O) groups excluding carboxylic acids is 2. The van der Waals surface area contributed by atoms with Crippen molar-refractivity contribution in [2.75, 3.05) is 20.7 Å². The average molecular weight is 251 g/mol. The first-order chi connectivity index (χ1) is 7.14. The number of rotatable bonds is 4. The van der Waals surface area contributed by atoms with Gasteiger partial charge in [-0.05, 0) is 19.9 Å². The van der Waals surface area contributed by atoms with Gasteiger partial charge in [0.1, 0.15) is 5.54 Å². The topological polar surface area (TPSA) is 67.4 Å². The second kappa shape index (κ2) is 6.70. The van der Waals surface area contributed by atoms with Crippen LogP contribution in [0.5, 0.6) is 0 Å². The van der Waals surface area contributed by atoms with E-state index in [0.717, 1.165) is 12.8 Å². The van der Waals surface area contributed by atoms with Gasteiger partial charge >= 0.3 is 5.97 Å². The Kier molecular flexibility index (Phi) is 6.36. The van der Waals surface area contributed by atoms with Crippen LogP contribution in [-0.2, 0) is 14.3 Å². The van der Waals surface area contributed by atoms with Gasteiger partial charge in [0, 0.05) is 0 Å². The van der Waals surface area contributed by atoms with Gasteiger partial charge in [-0.25, -0.2) is 4.79 Å². The fourth-order valence-electron chi connectivity index (χ4n) is 2.03. The van der Waals surface area contributed by atoms with Crippen molar-refractivity contribution in [3.05, 3.63) is 0 Å². The van der Waals surface area contributed by atoms with Gasteiger partial charge in [0.05, 0.1) is 13.7 Å². The van der Waals surface area contributed by atoms with Crippen LogP contribution in [0.25, 0.3) is 0 Å². The van der Waals surface area contributed by atoms with Gasteiger partial charge in [-0.3, -0.25) is 4.79 Å². The molecule has 16 heavy (non-hydrogen) atoms. The number of carbonyl (C=O) groups is 2. The van der Waals surface area contributed by atoms with Gasteiger partial charge < -0.3 is 15.4 Å². The van der Waals surface area contributed by atoms with Crippen LogP contribution in [0.3, 0.4) is 0 Å². The Labute approximate surface area is 102 Å². The van der Waals surface area contributed by atoms with Crippen LogP contribution in [0.15, 0.2) is 0 Å². The fourth-order valence-corrected chi connectivity index (χ4v) is 2.03. The van der Waals surface area contributed by atoms with E-state index in [9.17, 15) is 9.59 Å². The lowest BCUT2D eigenvalue weighted by Gasteiger charge is -2.27. The van der Waals surface area contributed by atoms with Crippen molar-refractivity contribution < 1.29 is 14.3 Å². The lowest BCUT2D eigenvalue weighted by molar-refractivity contribution is -0.150. The minimum absolute atomic E-state index is 0. The van der Waals surface area contributed by atoms with E-state index in [1.807, 2.05) is 0 Å². The molecule has 0 aromatic heterocycles. The van der Waals surface area contributed by atoms with E-state index in [1.54, 1.807) is 7.05 Å². The van der Waals surface area contributed by atoms with E-state index >= 15 is 0 Å². The molecule has 1 fully saturated rings. The van der Waals surface area contributed by atoms with Crippen molar-refractivity contribution >= 4 is 24.3 Å². The zero-order valence-corrected chi connectivity index (χ0v) is 10.5. The molecular weight excluding hydrogens is 232 g/mol. The molecule has 0 saturated heterocycles. The summed E-state index contributed by atoms with van der Waals surface area (Å²) in [7, 11) is 3.05. The predicted molar refractivity (Wildman–Crippen MR) is 62.5 cm³/mol. The van der Waals surface area contributed by atoms with Crippen LogP contribution in [0.2, 0.25) is 0 Å². The highest BCUT2D eigenvalue weighted by Gasteiger charge is 2.43. The molecule has 1 rings (SSSR count). The van der Waals surface area contributed by atoms with Crippen LogP contribution in [0, 0.1) is 0 Å². The normalized spacial score (nSPS) is 17.4. The fraction of sp³-hybridized carbons (Fsp3) is 0.800. The smallest absolute Gasteiger partial charge is 0.331 e. The molecule has 6 heteroatoms. The number of halogens is 1. The molecule has 0 heterocycles. The molecule has 0 unspecified atom stereocenters. The van der Waals surface area contributed by atoms with Crippen LogP contribution >= 0.6 is 12.4 Å². The van der Waals surface area contributed by atoms with E-state index in [0.29, 0.717) is 12.8 Å². The van der Waals surface area contributed by atoms with Crippen LogP contribution in [-0.4, -0.2) is 38.1 Å². The number of ether oxygens (including phenoxy) is 1. The molecule has 0 bridgehead atoms. The van der Waals surface area contributed by atoms with E-state index in [1.165, 1.54) is 7.11 Å². The maximum Gasteiger partial charge on any atom is 0.331 e. The van der Waals surface area contributed by atoms with Crippen molar-refractivity contribution in [1.29, 1.82) is 0 Å². The van der Waals surface area contributed by atoms with Crippen LogP contribution in [0.1, 0.15) is 25.7 Å². The zero-order chi connectivity index (χ0) is 11.3. The molecule has 0 aromatic carbocycles. The maximum absolute atomic E-state index is 11.6. The second-order valence-corrected chi connectivity index (χ2v) is 3.86. The highest BCUT2D eigenvalue weighted by Crippen LogP contribution is 2.30. The number of hydrogen-bond donors (Lipinski definition) is 2. The molecule has 1 saturated carbocycles. The first kappa shape index (κ1) is 15.2. The number of esters is 1. The van der Waals surface area contributed by atoms with Gasteiger partial charge in [0.25, 0.3) is 0 Å². The van der Waals surface area contributed by atoms with E-state index in [2.05, 4.69) is 10.6 Å². The first-order valence-corrected chi connectivity index (χ1v) is 5.18. The molecule has 0 atom stereocenters. The molecule has 0 radical (unpaired) electrons. The van der Waals surface area contributed by atoms with Gasteiger partial charge in [0.15, 0.2) is 0 Å². The summed E-state index contributed by atoms with van der Waals surface area (Å²) in [6.45, 7) is 0.221. The summed E-state index contributed by atoms with van der Waals surface area (Å²) in [6, 6.07) is 0. The van der Waals surface area contributed by atoms with E-state index < -0.39 is 5.54 Å². The zero-order valence-electron chi connectivity index (χ0n) is 9.67. The minimum atomic E-state index is -0.775. The van der Waals surface area contributed by atoms with Crippen molar-refractivity contribution in [1.82, 2.24) is 10.6 Å². The lowest BCUT2D eigenvalue weighted by Crippen LogP contribution is -2.54. The molecule has 0 aromatic rings. The Hall–Kier alpha value is -0.810. The Morgan fingerprint density at radius 1 is 1.31 bits per heavy atom. The average Bonchev–Trinajstić information content (AvgIpc) is 2.66. The molecule has 1 aliphatic carbocycles. The molecule has 0 spiro atoms. The van der Waals surface area contributed by atoms with E-state index in [4.69, 9.17) is 4.74 Å². The summed E-state index contributed by atoms with van der Waals surface area (Å²) in [4.78, 5) is 23.1. The van der Waals surface area contributed by atoms with Gasteiger partial charge in [0.2, 0.25) is 5.91 Å².